The highest BCUT2D eigenvalue weighted by molar-refractivity contribution is 5.85. The first-order valence-electron chi connectivity index (χ1n) is 5.65. The van der Waals surface area contributed by atoms with Crippen LogP contribution in [-0.4, -0.2) is 43.2 Å². The number of nitrogens with two attached hydrogens (primary N) is 1. The molecule has 4 nitrogen and oxygen atoms in total. The lowest BCUT2D eigenvalue weighted by Gasteiger charge is -2.40. The Morgan fingerprint density at radius 1 is 1.62 bits per heavy atom. The van der Waals surface area contributed by atoms with Gasteiger partial charge in [-0.3, -0.25) is 4.79 Å². The van der Waals surface area contributed by atoms with Gasteiger partial charge in [0.05, 0.1) is 0 Å². The van der Waals surface area contributed by atoms with Crippen LogP contribution < -0.4 is 5.73 Å². The van der Waals surface area contributed by atoms with Crippen molar-refractivity contribution in [3.8, 4) is 0 Å². The highest BCUT2D eigenvalue weighted by atomic mass is 35.5. The number of carbonyl (C=O) groups excluding carboxylic acids is 1. The van der Waals surface area contributed by atoms with Crippen LogP contribution in [0.25, 0.3) is 0 Å². The molecule has 1 aliphatic rings. The van der Waals surface area contributed by atoms with E-state index in [4.69, 9.17) is 10.5 Å². The number of amides is 1. The van der Waals surface area contributed by atoms with Gasteiger partial charge in [-0.2, -0.15) is 0 Å². The molecule has 1 heterocycles. The number of ether oxygens (including phenoxy) is 1. The van der Waals surface area contributed by atoms with Crippen LogP contribution in [0.4, 0.5) is 0 Å². The van der Waals surface area contributed by atoms with Crippen molar-refractivity contribution in [2.24, 2.45) is 11.7 Å². The summed E-state index contributed by atoms with van der Waals surface area (Å²) in [6, 6.07) is 0.184. The highest BCUT2D eigenvalue weighted by Crippen LogP contribution is 2.23. The summed E-state index contributed by atoms with van der Waals surface area (Å²) in [6.07, 6.45) is 1.87. The lowest BCUT2D eigenvalue weighted by atomic mass is 9.90. The lowest BCUT2D eigenvalue weighted by Crippen LogP contribution is -2.54. The molecular formula is C11H23ClN2O2. The SMILES string of the molecule is COC(C)C(=O)N1CCCC(C)C1CN.Cl. The number of nitrogens with zero attached hydrogens (tertiary/aromatic N) is 1. The molecule has 3 atom stereocenters. The standard InChI is InChI=1S/C11H22N2O2.ClH/c1-8-5-4-6-13(10(8)7-12)11(14)9(2)15-3;/h8-10H,4-7,12H2,1-3H3;1H. The Labute approximate surface area is 104 Å². The molecule has 0 aliphatic carbocycles. The van der Waals surface area contributed by atoms with Crippen LogP contribution >= 0.6 is 12.4 Å². The van der Waals surface area contributed by atoms with Gasteiger partial charge in [-0.25, -0.2) is 0 Å². The molecule has 16 heavy (non-hydrogen) atoms. The molecule has 0 bridgehead atoms. The quantitative estimate of drug-likeness (QED) is 0.814. The smallest absolute Gasteiger partial charge is 0.251 e. The average Bonchev–Trinajstić information content (AvgIpc) is 2.26. The molecule has 0 aromatic carbocycles. The molecule has 0 aromatic rings. The highest BCUT2D eigenvalue weighted by Gasteiger charge is 2.32. The first-order chi connectivity index (χ1) is 7.11. The normalized spacial score (nSPS) is 27.1. The fraction of sp³-hybridized carbons (Fsp3) is 0.909. The molecule has 1 saturated heterocycles. The van der Waals surface area contributed by atoms with Crippen molar-refractivity contribution in [3.05, 3.63) is 0 Å². The molecule has 1 fully saturated rings. The van der Waals surface area contributed by atoms with Crippen LogP contribution in [0.5, 0.6) is 0 Å². The Morgan fingerprint density at radius 3 is 2.75 bits per heavy atom. The third-order valence-electron chi connectivity index (χ3n) is 3.34. The molecule has 2 N–H and O–H groups in total. The second-order valence-corrected chi connectivity index (χ2v) is 4.33. The third kappa shape index (κ3) is 3.34. The fourth-order valence-electron chi connectivity index (χ4n) is 2.22. The van der Waals surface area contributed by atoms with E-state index in [1.807, 2.05) is 4.90 Å². The van der Waals surface area contributed by atoms with Crippen LogP contribution in [0.3, 0.4) is 0 Å². The van der Waals surface area contributed by atoms with Crippen LogP contribution in [0.15, 0.2) is 0 Å². The Morgan fingerprint density at radius 2 is 2.25 bits per heavy atom. The second-order valence-electron chi connectivity index (χ2n) is 4.33. The number of carbonyl (C=O) groups is 1. The summed E-state index contributed by atoms with van der Waals surface area (Å²) < 4.78 is 5.06. The van der Waals surface area contributed by atoms with Gasteiger partial charge in [-0.1, -0.05) is 6.92 Å². The predicted octanol–water partition coefficient (Wildman–Crippen LogP) is 1.03. The van der Waals surface area contributed by atoms with E-state index >= 15 is 0 Å². The second kappa shape index (κ2) is 7.09. The minimum Gasteiger partial charge on any atom is -0.372 e. The Balaban J connectivity index is 0.00000225. The van der Waals surface area contributed by atoms with Crippen molar-refractivity contribution >= 4 is 18.3 Å². The predicted molar refractivity (Wildman–Crippen MR) is 66.7 cm³/mol. The van der Waals surface area contributed by atoms with Crippen LogP contribution in [0.2, 0.25) is 0 Å². The van der Waals surface area contributed by atoms with Gasteiger partial charge in [0.1, 0.15) is 6.10 Å². The van der Waals surface area contributed by atoms with E-state index in [9.17, 15) is 4.79 Å². The zero-order valence-corrected chi connectivity index (χ0v) is 11.1. The minimum atomic E-state index is -0.357. The molecule has 0 spiro atoms. The van der Waals surface area contributed by atoms with E-state index in [-0.39, 0.29) is 30.5 Å². The number of piperidine rings is 1. The number of likely N-dealkylation sites (tertiary alicyclic amines) is 1. The summed E-state index contributed by atoms with van der Waals surface area (Å²) >= 11 is 0. The number of hydrogen-bond acceptors (Lipinski definition) is 3. The van der Waals surface area contributed by atoms with Crippen LogP contribution in [0, 0.1) is 5.92 Å². The van der Waals surface area contributed by atoms with E-state index in [1.165, 1.54) is 0 Å². The van der Waals surface area contributed by atoms with Gasteiger partial charge in [-0.05, 0) is 25.7 Å². The van der Waals surface area contributed by atoms with Gasteiger partial charge >= 0.3 is 0 Å². The van der Waals surface area contributed by atoms with E-state index in [2.05, 4.69) is 6.92 Å². The van der Waals surface area contributed by atoms with Crippen LogP contribution in [-0.2, 0) is 9.53 Å². The van der Waals surface area contributed by atoms with Gasteiger partial charge in [0, 0.05) is 26.2 Å². The van der Waals surface area contributed by atoms with E-state index in [1.54, 1.807) is 14.0 Å². The maximum atomic E-state index is 12.0. The summed E-state index contributed by atoms with van der Waals surface area (Å²) in [5, 5.41) is 0. The molecule has 1 amide bonds. The van der Waals surface area contributed by atoms with Crippen molar-refractivity contribution in [2.75, 3.05) is 20.2 Å². The van der Waals surface area contributed by atoms with Crippen molar-refractivity contribution in [1.29, 1.82) is 0 Å². The number of hydrogen-bond donors (Lipinski definition) is 1. The summed E-state index contributed by atoms with van der Waals surface area (Å²) in [4.78, 5) is 13.9. The van der Waals surface area contributed by atoms with E-state index < -0.39 is 0 Å². The van der Waals surface area contributed by atoms with E-state index in [0.717, 1.165) is 19.4 Å². The molecule has 1 aliphatic heterocycles. The maximum absolute atomic E-state index is 12.0. The minimum absolute atomic E-state index is 0. The molecule has 1 rings (SSSR count). The number of methoxy groups -OCH3 is 1. The van der Waals surface area contributed by atoms with Crippen molar-refractivity contribution in [1.82, 2.24) is 4.90 Å². The summed E-state index contributed by atoms with van der Waals surface area (Å²) in [5.74, 6) is 0.566. The average molecular weight is 251 g/mol. The maximum Gasteiger partial charge on any atom is 0.251 e. The Kier molecular flexibility index (Phi) is 6.95. The molecule has 96 valence electrons. The van der Waals surface area contributed by atoms with E-state index in [0.29, 0.717) is 12.5 Å². The number of rotatable bonds is 3. The lowest BCUT2D eigenvalue weighted by molar-refractivity contribution is -0.145. The molecule has 0 radical (unpaired) electrons. The van der Waals surface area contributed by atoms with Crippen molar-refractivity contribution in [3.63, 3.8) is 0 Å². The van der Waals surface area contributed by atoms with Gasteiger partial charge in [0.15, 0.2) is 0 Å². The first kappa shape index (κ1) is 15.7. The molecule has 5 heteroatoms. The fourth-order valence-corrected chi connectivity index (χ4v) is 2.22. The summed E-state index contributed by atoms with van der Waals surface area (Å²) in [6.45, 7) is 5.31. The molecular weight excluding hydrogens is 228 g/mol. The topological polar surface area (TPSA) is 55.6 Å². The van der Waals surface area contributed by atoms with Crippen LogP contribution in [0.1, 0.15) is 26.7 Å². The molecule has 3 unspecified atom stereocenters. The van der Waals surface area contributed by atoms with Gasteiger partial charge < -0.3 is 15.4 Å². The van der Waals surface area contributed by atoms with Gasteiger partial charge in [0.2, 0.25) is 0 Å². The monoisotopic (exact) mass is 250 g/mol. The largest absolute Gasteiger partial charge is 0.372 e. The zero-order chi connectivity index (χ0) is 11.4. The summed E-state index contributed by atoms with van der Waals surface area (Å²) in [5.41, 5.74) is 5.73. The van der Waals surface area contributed by atoms with Crippen molar-refractivity contribution in [2.45, 2.75) is 38.8 Å². The molecule has 0 aromatic heterocycles. The van der Waals surface area contributed by atoms with Gasteiger partial charge in [-0.15, -0.1) is 12.4 Å². The molecule has 0 saturated carbocycles. The zero-order valence-electron chi connectivity index (χ0n) is 10.3. The third-order valence-corrected chi connectivity index (χ3v) is 3.34. The van der Waals surface area contributed by atoms with Crippen molar-refractivity contribution < 1.29 is 9.53 Å². The van der Waals surface area contributed by atoms with Gasteiger partial charge in [0.25, 0.3) is 5.91 Å². The Bertz CT molecular complexity index is 226. The summed E-state index contributed by atoms with van der Waals surface area (Å²) in [7, 11) is 1.56. The first-order valence-corrected chi connectivity index (χ1v) is 5.65. The number of halogens is 1. The Hall–Kier alpha value is -0.320.